The summed E-state index contributed by atoms with van der Waals surface area (Å²) in [6.45, 7) is 8.63. The fraction of sp³-hybridized carbons (Fsp3) is 0.788. The summed E-state index contributed by atoms with van der Waals surface area (Å²) in [5.41, 5.74) is 1.21. The Kier molecular flexibility index (Phi) is 20.6. The van der Waals surface area contributed by atoms with Crippen LogP contribution in [0.15, 0.2) is 24.3 Å². The van der Waals surface area contributed by atoms with Crippen molar-refractivity contribution in [1.29, 1.82) is 0 Å². The highest BCUT2D eigenvalue weighted by Gasteiger charge is 2.25. The van der Waals surface area contributed by atoms with Gasteiger partial charge in [0.05, 0.1) is 33.9 Å². The third-order valence-electron chi connectivity index (χ3n) is 7.96. The minimum absolute atomic E-state index is 0.0390. The van der Waals surface area contributed by atoms with Gasteiger partial charge in [-0.15, -0.1) is 0 Å². The normalized spacial score (nSPS) is 14.1. The maximum absolute atomic E-state index is 12.4. The summed E-state index contributed by atoms with van der Waals surface area (Å²) in [5, 5.41) is 0. The van der Waals surface area contributed by atoms with E-state index in [1.807, 2.05) is 33.2 Å². The van der Waals surface area contributed by atoms with Crippen molar-refractivity contribution in [2.24, 2.45) is 5.92 Å². The number of ether oxygens (including phenoxy) is 1. The van der Waals surface area contributed by atoms with Crippen molar-refractivity contribution in [2.45, 2.75) is 117 Å². The van der Waals surface area contributed by atoms with Crippen molar-refractivity contribution in [3.63, 3.8) is 0 Å². The fourth-order valence-electron chi connectivity index (χ4n) is 4.64. The highest BCUT2D eigenvalue weighted by atomic mass is 31.2. The van der Waals surface area contributed by atoms with Gasteiger partial charge < -0.3 is 14.1 Å². The summed E-state index contributed by atoms with van der Waals surface area (Å²) in [6.07, 6.45) is 16.4. The van der Waals surface area contributed by atoms with Gasteiger partial charge in [-0.25, -0.2) is 4.57 Å². The monoisotopic (exact) mass is 598 g/mol. The number of hydrogen-bond donors (Lipinski definition) is 1. The highest BCUT2D eigenvalue weighted by Crippen LogP contribution is 2.44. The highest BCUT2D eigenvalue weighted by molar-refractivity contribution is 7.47. The summed E-state index contributed by atoms with van der Waals surface area (Å²) in [5.74, 6) is 0.931. The number of Topliss-reactive ketones (excluding diaryl/α,β-unsaturated/α-hetero) is 1. The van der Waals surface area contributed by atoms with Crippen LogP contribution in [-0.4, -0.2) is 62.2 Å². The molecule has 0 aliphatic heterocycles. The summed E-state index contributed by atoms with van der Waals surface area (Å²) < 4.78 is 29.5. The molecule has 0 bridgehead atoms. The van der Waals surface area contributed by atoms with Gasteiger partial charge in [-0.2, -0.15) is 0 Å². The second-order valence-corrected chi connectivity index (χ2v) is 13.6. The van der Waals surface area contributed by atoms with Crippen LogP contribution in [0.3, 0.4) is 0 Å². The first-order chi connectivity index (χ1) is 19.6. The Labute approximate surface area is 251 Å². The molecule has 0 radical (unpaired) electrons. The molecule has 2 atom stereocenters. The van der Waals surface area contributed by atoms with Gasteiger partial charge in [0.25, 0.3) is 0 Å². The number of hydrogen-bond acceptors (Lipinski definition) is 5. The summed E-state index contributed by atoms with van der Waals surface area (Å²) >= 11 is 0. The molecule has 41 heavy (non-hydrogen) atoms. The lowest BCUT2D eigenvalue weighted by Gasteiger charge is -2.28. The maximum atomic E-state index is 12.4. The molecule has 0 spiro atoms. The summed E-state index contributed by atoms with van der Waals surface area (Å²) in [7, 11) is -0.0693. The zero-order chi connectivity index (χ0) is 30.4. The minimum atomic E-state index is -4.15. The molecule has 1 aromatic rings. The molecule has 0 amide bonds. The molecule has 7 nitrogen and oxygen atoms in total. The van der Waals surface area contributed by atoms with Crippen LogP contribution in [0.4, 0.5) is 0 Å². The van der Waals surface area contributed by atoms with E-state index in [0.717, 1.165) is 44.6 Å². The number of benzene rings is 1. The average molecular weight is 599 g/mol. The molecule has 0 heterocycles. The zero-order valence-electron chi connectivity index (χ0n) is 26.9. The van der Waals surface area contributed by atoms with Crippen LogP contribution in [-0.2, 0) is 24.8 Å². The van der Waals surface area contributed by atoms with Crippen molar-refractivity contribution >= 4 is 13.6 Å². The van der Waals surface area contributed by atoms with Crippen LogP contribution in [0.25, 0.3) is 0 Å². The van der Waals surface area contributed by atoms with Crippen LogP contribution < -0.4 is 4.74 Å². The lowest BCUT2D eigenvalue weighted by Crippen LogP contribution is -2.41. The van der Waals surface area contributed by atoms with E-state index in [2.05, 4.69) is 26.0 Å². The molecule has 0 saturated carbocycles. The van der Waals surface area contributed by atoms with Crippen molar-refractivity contribution < 1.29 is 32.5 Å². The van der Waals surface area contributed by atoms with Crippen molar-refractivity contribution in [2.75, 3.05) is 47.0 Å². The van der Waals surface area contributed by atoms with Gasteiger partial charge >= 0.3 is 7.82 Å². The first-order valence-corrected chi connectivity index (χ1v) is 17.8. The molecule has 0 saturated heterocycles. The first-order valence-electron chi connectivity index (χ1n) is 16.3. The van der Waals surface area contributed by atoms with Gasteiger partial charge in [0.2, 0.25) is 0 Å². The van der Waals surface area contributed by atoms with Crippen LogP contribution in [0.2, 0.25) is 0 Å². The lowest BCUT2D eigenvalue weighted by atomic mass is 9.95. The largest absolute Gasteiger partial charge is 0.494 e. The molecule has 0 aliphatic carbocycles. The molecule has 1 aromatic carbocycles. The lowest BCUT2D eigenvalue weighted by molar-refractivity contribution is -0.888. The molecule has 1 rings (SSSR count). The quantitative estimate of drug-likeness (QED) is 0.0621. The number of rotatable bonds is 27. The number of carbonyl (C=O) groups is 1. The third kappa shape index (κ3) is 20.3. The Morgan fingerprint density at radius 2 is 1.46 bits per heavy atom. The van der Waals surface area contributed by atoms with E-state index in [1.54, 1.807) is 0 Å². The topological polar surface area (TPSA) is 82.1 Å². The number of ketones is 1. The second kappa shape index (κ2) is 22.3. The summed E-state index contributed by atoms with van der Waals surface area (Å²) in [4.78, 5) is 22.2. The average Bonchev–Trinajstić information content (AvgIpc) is 2.95. The molecule has 238 valence electrons. The Morgan fingerprint density at radius 1 is 0.854 bits per heavy atom. The number of quaternary nitrogens is 1. The molecule has 1 N–H and O–H groups in total. The Balaban J connectivity index is 2.32. The second-order valence-electron chi connectivity index (χ2n) is 12.1. The Morgan fingerprint density at radius 3 is 2.05 bits per heavy atom. The van der Waals surface area contributed by atoms with Crippen molar-refractivity contribution in [3.8, 4) is 5.75 Å². The number of nitrogens with zero attached hydrogens (tertiary/aromatic N) is 1. The molecule has 0 aliphatic rings. The zero-order valence-corrected chi connectivity index (χ0v) is 27.8. The van der Waals surface area contributed by atoms with E-state index in [-0.39, 0.29) is 24.9 Å². The maximum Gasteiger partial charge on any atom is 0.472 e. The molecule has 0 aromatic heterocycles. The number of phosphoric ester groups is 1. The van der Waals surface area contributed by atoms with Crippen LogP contribution in [0.1, 0.15) is 116 Å². The van der Waals surface area contributed by atoms with E-state index in [0.29, 0.717) is 23.9 Å². The smallest absolute Gasteiger partial charge is 0.472 e. The molecule has 0 fully saturated rings. The Hall–Kier alpha value is -1.24. The predicted octanol–water partition coefficient (Wildman–Crippen LogP) is 8.52. The van der Waals surface area contributed by atoms with Crippen molar-refractivity contribution in [3.05, 3.63) is 29.8 Å². The molecule has 2 unspecified atom stereocenters. The Bertz CT molecular complexity index is 845. The number of unbranched alkanes of at least 4 members (excludes halogenated alkanes) is 9. The fourth-order valence-corrected chi connectivity index (χ4v) is 5.42. The van der Waals surface area contributed by atoms with Crippen LogP contribution in [0.5, 0.6) is 5.75 Å². The number of phosphoric acid groups is 1. The molecule has 8 heteroatoms. The van der Waals surface area contributed by atoms with Gasteiger partial charge in [-0.05, 0) is 56.2 Å². The van der Waals surface area contributed by atoms with E-state index < -0.39 is 7.82 Å². The van der Waals surface area contributed by atoms with E-state index >= 15 is 0 Å². The predicted molar refractivity (Wildman–Crippen MR) is 169 cm³/mol. The van der Waals surface area contributed by atoms with Crippen molar-refractivity contribution in [1.82, 2.24) is 0 Å². The van der Waals surface area contributed by atoms with E-state index in [1.165, 1.54) is 63.4 Å². The minimum Gasteiger partial charge on any atom is -0.494 e. The number of aryl methyl sites for hydroxylation is 1. The number of likely N-dealkylation sites (N-methyl/N-ethyl adjacent to an activating group) is 1. The third-order valence-corrected chi connectivity index (χ3v) is 8.94. The van der Waals surface area contributed by atoms with E-state index in [4.69, 9.17) is 13.8 Å². The first kappa shape index (κ1) is 37.8. The molecular weight excluding hydrogens is 537 g/mol. The van der Waals surface area contributed by atoms with Gasteiger partial charge in [0, 0.05) is 12.8 Å². The molecular formula is C33H61NO6P+. The van der Waals surface area contributed by atoms with Crippen LogP contribution in [0, 0.1) is 5.92 Å². The summed E-state index contributed by atoms with van der Waals surface area (Å²) in [6, 6.07) is 8.26. The SMILES string of the molecule is CCCCCCCCCCCCOc1ccc(CCCC(COP(=O)(O)OCC[N+](C)(C)CC)CC(=O)CC)cc1. The van der Waals surface area contributed by atoms with Crippen LogP contribution >= 0.6 is 7.82 Å². The van der Waals surface area contributed by atoms with Gasteiger partial charge in [0.15, 0.2) is 0 Å². The van der Waals surface area contributed by atoms with Gasteiger partial charge in [-0.1, -0.05) is 83.8 Å². The van der Waals surface area contributed by atoms with E-state index in [9.17, 15) is 14.3 Å². The van der Waals surface area contributed by atoms with Gasteiger partial charge in [-0.3, -0.25) is 13.8 Å². The number of carbonyl (C=O) groups excluding carboxylic acids is 1. The standard InChI is InChI=1S/C33H60NO6P/c1-6-9-10-11-12-13-14-15-16-17-26-38-33-23-21-30(22-24-33)19-18-20-31(28-32(35)7-2)29-40-41(36,37)39-27-25-34(4,5)8-3/h21-24,31H,6-20,25-29H2,1-5H3/p+1. The van der Waals surface area contributed by atoms with Gasteiger partial charge in [0.1, 0.15) is 24.7 Å².